The molecular weight excluding hydrogens is 210 g/mol. The van der Waals surface area contributed by atoms with Gasteiger partial charge < -0.3 is 10.1 Å². The van der Waals surface area contributed by atoms with Crippen LogP contribution in [0.5, 0.6) is 0 Å². The van der Waals surface area contributed by atoms with Gasteiger partial charge in [0.05, 0.1) is 0 Å². The summed E-state index contributed by atoms with van der Waals surface area (Å²) in [6, 6.07) is 7.16. The van der Waals surface area contributed by atoms with Crippen LogP contribution in [-0.4, -0.2) is 26.2 Å². The van der Waals surface area contributed by atoms with E-state index in [1.807, 2.05) is 12.1 Å². The maximum atomic E-state index is 11.6. The molecule has 1 aromatic carbocycles. The van der Waals surface area contributed by atoms with Crippen LogP contribution in [0.4, 0.5) is 0 Å². The molecule has 15 heavy (non-hydrogen) atoms. The van der Waals surface area contributed by atoms with Crippen molar-refractivity contribution in [3.63, 3.8) is 0 Å². The minimum atomic E-state index is -0.0676. The smallest absolute Gasteiger partial charge is 0.251 e. The van der Waals surface area contributed by atoms with Gasteiger partial charge in [-0.25, -0.2) is 0 Å². The number of amides is 1. The molecule has 3 nitrogen and oxygen atoms in total. The lowest BCUT2D eigenvalue weighted by Crippen LogP contribution is -2.25. The highest BCUT2D eigenvalue weighted by Crippen LogP contribution is 2.08. The van der Waals surface area contributed by atoms with Gasteiger partial charge in [0.15, 0.2) is 0 Å². The Labute approximate surface area is 95.2 Å². The van der Waals surface area contributed by atoms with Crippen molar-refractivity contribution in [1.82, 2.24) is 5.32 Å². The molecule has 0 fully saturated rings. The predicted octanol–water partition coefficient (Wildman–Crippen LogP) is 1.74. The standard InChI is InChI=1S/C11H15NO2S/c1-14-7-3-6-12-11(13)9-4-2-5-10(15)8-9/h2,4-5,8,15H,3,6-7H2,1H3,(H,12,13). The van der Waals surface area contributed by atoms with Crippen LogP contribution in [0.1, 0.15) is 16.8 Å². The van der Waals surface area contributed by atoms with E-state index >= 15 is 0 Å². The Kier molecular flexibility index (Phi) is 5.21. The molecule has 0 unspecified atom stereocenters. The molecule has 0 aliphatic carbocycles. The number of carbonyl (C=O) groups is 1. The van der Waals surface area contributed by atoms with Crippen LogP contribution in [-0.2, 0) is 4.74 Å². The van der Waals surface area contributed by atoms with Gasteiger partial charge in [0, 0.05) is 30.7 Å². The van der Waals surface area contributed by atoms with E-state index in [2.05, 4.69) is 17.9 Å². The van der Waals surface area contributed by atoms with E-state index < -0.39 is 0 Å². The van der Waals surface area contributed by atoms with Crippen LogP contribution < -0.4 is 5.32 Å². The number of carbonyl (C=O) groups excluding carboxylic acids is 1. The molecule has 0 aromatic heterocycles. The summed E-state index contributed by atoms with van der Waals surface area (Å²) >= 11 is 4.17. The maximum Gasteiger partial charge on any atom is 0.251 e. The van der Waals surface area contributed by atoms with Gasteiger partial charge >= 0.3 is 0 Å². The van der Waals surface area contributed by atoms with Gasteiger partial charge in [-0.15, -0.1) is 12.6 Å². The fraction of sp³-hybridized carbons (Fsp3) is 0.364. The Morgan fingerprint density at radius 1 is 1.53 bits per heavy atom. The van der Waals surface area contributed by atoms with Crippen molar-refractivity contribution in [2.45, 2.75) is 11.3 Å². The molecule has 4 heteroatoms. The molecule has 0 bridgehead atoms. The molecule has 0 spiro atoms. The first kappa shape index (κ1) is 12.1. The number of hydrogen-bond donors (Lipinski definition) is 2. The summed E-state index contributed by atoms with van der Waals surface area (Å²) in [6.07, 6.45) is 0.822. The van der Waals surface area contributed by atoms with Gasteiger partial charge in [0.25, 0.3) is 5.91 Å². The molecule has 82 valence electrons. The van der Waals surface area contributed by atoms with Crippen LogP contribution in [0.15, 0.2) is 29.2 Å². The van der Waals surface area contributed by atoms with Crippen molar-refractivity contribution < 1.29 is 9.53 Å². The zero-order valence-corrected chi connectivity index (χ0v) is 9.59. The molecule has 0 saturated heterocycles. The van der Waals surface area contributed by atoms with Crippen molar-refractivity contribution in [1.29, 1.82) is 0 Å². The topological polar surface area (TPSA) is 38.3 Å². The summed E-state index contributed by atoms with van der Waals surface area (Å²) in [6.45, 7) is 1.29. The van der Waals surface area contributed by atoms with Crippen molar-refractivity contribution in [3.8, 4) is 0 Å². The average molecular weight is 225 g/mol. The molecule has 1 N–H and O–H groups in total. The Hall–Kier alpha value is -1.00. The van der Waals surface area contributed by atoms with E-state index in [0.29, 0.717) is 18.7 Å². The quantitative estimate of drug-likeness (QED) is 0.592. The van der Waals surface area contributed by atoms with Gasteiger partial charge in [-0.3, -0.25) is 4.79 Å². The van der Waals surface area contributed by atoms with Gasteiger partial charge in [0.1, 0.15) is 0 Å². The van der Waals surface area contributed by atoms with Crippen LogP contribution in [0, 0.1) is 0 Å². The van der Waals surface area contributed by atoms with Gasteiger partial charge in [-0.1, -0.05) is 6.07 Å². The van der Waals surface area contributed by atoms with E-state index in [0.717, 1.165) is 11.3 Å². The molecule has 1 aromatic rings. The van der Waals surface area contributed by atoms with Crippen LogP contribution in [0.25, 0.3) is 0 Å². The largest absolute Gasteiger partial charge is 0.385 e. The lowest BCUT2D eigenvalue weighted by molar-refractivity contribution is 0.0948. The maximum absolute atomic E-state index is 11.6. The van der Waals surface area contributed by atoms with Crippen molar-refractivity contribution in [2.75, 3.05) is 20.3 Å². The average Bonchev–Trinajstić information content (AvgIpc) is 2.24. The van der Waals surface area contributed by atoms with Crippen LogP contribution in [0.2, 0.25) is 0 Å². The lowest BCUT2D eigenvalue weighted by Gasteiger charge is -2.04. The van der Waals surface area contributed by atoms with E-state index in [-0.39, 0.29) is 5.91 Å². The molecule has 0 heterocycles. The van der Waals surface area contributed by atoms with E-state index in [4.69, 9.17) is 4.74 Å². The second-order valence-corrected chi connectivity index (χ2v) is 3.67. The highest BCUT2D eigenvalue weighted by Gasteiger charge is 2.03. The number of nitrogens with one attached hydrogen (secondary N) is 1. The molecule has 1 amide bonds. The molecule has 0 aliphatic rings. The van der Waals surface area contributed by atoms with E-state index in [1.165, 1.54) is 0 Å². The first-order chi connectivity index (χ1) is 7.24. The summed E-state index contributed by atoms with van der Waals surface area (Å²) < 4.78 is 4.88. The van der Waals surface area contributed by atoms with Gasteiger partial charge in [0.2, 0.25) is 0 Å². The van der Waals surface area contributed by atoms with Crippen molar-refractivity contribution >= 4 is 18.5 Å². The molecule has 0 aliphatic heterocycles. The third-order valence-electron chi connectivity index (χ3n) is 1.92. The highest BCUT2D eigenvalue weighted by atomic mass is 32.1. The zero-order chi connectivity index (χ0) is 11.1. The third kappa shape index (κ3) is 4.36. The predicted molar refractivity (Wildman–Crippen MR) is 62.5 cm³/mol. The van der Waals surface area contributed by atoms with Gasteiger partial charge in [-0.2, -0.15) is 0 Å². The normalized spacial score (nSPS) is 10.0. The summed E-state index contributed by atoms with van der Waals surface area (Å²) in [7, 11) is 1.65. The third-order valence-corrected chi connectivity index (χ3v) is 2.20. The Morgan fingerprint density at radius 3 is 3.00 bits per heavy atom. The summed E-state index contributed by atoms with van der Waals surface area (Å²) in [5.41, 5.74) is 0.639. The summed E-state index contributed by atoms with van der Waals surface area (Å²) in [5.74, 6) is -0.0676. The Morgan fingerprint density at radius 2 is 2.33 bits per heavy atom. The molecule has 0 saturated carbocycles. The number of thiol groups is 1. The molecule has 0 atom stereocenters. The van der Waals surface area contributed by atoms with E-state index in [9.17, 15) is 4.79 Å². The number of hydrogen-bond acceptors (Lipinski definition) is 3. The van der Waals surface area contributed by atoms with Crippen molar-refractivity contribution in [2.24, 2.45) is 0 Å². The first-order valence-corrected chi connectivity index (χ1v) is 5.25. The number of methoxy groups -OCH3 is 1. The first-order valence-electron chi connectivity index (χ1n) is 4.80. The fourth-order valence-corrected chi connectivity index (χ4v) is 1.39. The molecule has 0 radical (unpaired) electrons. The van der Waals surface area contributed by atoms with Gasteiger partial charge in [-0.05, 0) is 24.6 Å². The fourth-order valence-electron chi connectivity index (χ4n) is 1.17. The number of ether oxygens (including phenoxy) is 1. The second-order valence-electron chi connectivity index (χ2n) is 3.15. The lowest BCUT2D eigenvalue weighted by atomic mass is 10.2. The Balaban J connectivity index is 2.40. The zero-order valence-electron chi connectivity index (χ0n) is 8.69. The second kappa shape index (κ2) is 6.48. The molecule has 1 rings (SSSR count). The SMILES string of the molecule is COCCCNC(=O)c1cccc(S)c1. The Bertz CT molecular complexity index is 328. The number of benzene rings is 1. The summed E-state index contributed by atoms with van der Waals surface area (Å²) in [5, 5.41) is 2.81. The summed E-state index contributed by atoms with van der Waals surface area (Å²) in [4.78, 5) is 12.4. The molecular formula is C11H15NO2S. The van der Waals surface area contributed by atoms with Crippen LogP contribution >= 0.6 is 12.6 Å². The monoisotopic (exact) mass is 225 g/mol. The minimum absolute atomic E-state index is 0.0676. The highest BCUT2D eigenvalue weighted by molar-refractivity contribution is 7.80. The minimum Gasteiger partial charge on any atom is -0.385 e. The number of rotatable bonds is 5. The van der Waals surface area contributed by atoms with Crippen molar-refractivity contribution in [3.05, 3.63) is 29.8 Å². The van der Waals surface area contributed by atoms with Crippen LogP contribution in [0.3, 0.4) is 0 Å². The van der Waals surface area contributed by atoms with E-state index in [1.54, 1.807) is 19.2 Å².